The average molecular weight is 443 g/mol. The summed E-state index contributed by atoms with van der Waals surface area (Å²) in [5.41, 5.74) is 2.70. The number of aryl methyl sites for hydroxylation is 1. The topological polar surface area (TPSA) is 55.1 Å². The fraction of sp³-hybridized carbons (Fsp3) is 0.250. The summed E-state index contributed by atoms with van der Waals surface area (Å²) in [6.07, 6.45) is 4.69. The van der Waals surface area contributed by atoms with Crippen LogP contribution in [-0.2, 0) is 24.2 Å². The van der Waals surface area contributed by atoms with E-state index >= 15 is 0 Å². The van der Waals surface area contributed by atoms with Crippen molar-refractivity contribution in [3.63, 3.8) is 0 Å². The van der Waals surface area contributed by atoms with Crippen LogP contribution >= 0.6 is 23.2 Å². The predicted molar refractivity (Wildman–Crippen MR) is 122 cm³/mol. The van der Waals surface area contributed by atoms with Gasteiger partial charge in [-0.3, -0.25) is 0 Å². The van der Waals surface area contributed by atoms with Crippen molar-refractivity contribution < 1.29 is 9.90 Å². The standard InChI is InChI=1S/C24H24Cl2N2O2/c1-2-3-13-22-27-23(26)21(28(22)16-18-11-7-8-12-20(18)25)15-19(24(29)30)14-17-9-5-4-6-10-17/h4-12,15H,2-3,13-14,16H2,1H3,(H,29,30). The predicted octanol–water partition coefficient (Wildman–Crippen LogP) is 6.29. The minimum atomic E-state index is -0.976. The van der Waals surface area contributed by atoms with Crippen molar-refractivity contribution in [2.24, 2.45) is 0 Å². The Labute approximate surface area is 186 Å². The molecule has 0 radical (unpaired) electrons. The van der Waals surface area contributed by atoms with E-state index in [1.165, 1.54) is 0 Å². The molecule has 156 valence electrons. The van der Waals surface area contributed by atoms with Crippen LogP contribution in [0.2, 0.25) is 10.2 Å². The first-order valence-electron chi connectivity index (χ1n) is 9.95. The van der Waals surface area contributed by atoms with E-state index in [1.54, 1.807) is 6.08 Å². The lowest BCUT2D eigenvalue weighted by molar-refractivity contribution is -0.132. The highest BCUT2D eigenvalue weighted by Gasteiger charge is 2.18. The number of benzene rings is 2. The van der Waals surface area contributed by atoms with Crippen LogP contribution in [0.25, 0.3) is 6.08 Å². The van der Waals surface area contributed by atoms with E-state index in [4.69, 9.17) is 23.2 Å². The Morgan fingerprint density at radius 1 is 1.10 bits per heavy atom. The Kier molecular flexibility index (Phi) is 7.72. The Morgan fingerprint density at radius 2 is 1.80 bits per heavy atom. The van der Waals surface area contributed by atoms with Gasteiger partial charge in [0.25, 0.3) is 0 Å². The third-order valence-electron chi connectivity index (χ3n) is 4.90. The quantitative estimate of drug-likeness (QED) is 0.396. The molecule has 0 aliphatic rings. The highest BCUT2D eigenvalue weighted by Crippen LogP contribution is 2.26. The SMILES string of the molecule is CCCCc1nc(Cl)c(C=C(Cc2ccccc2)C(=O)O)n1Cc1ccccc1Cl. The lowest BCUT2D eigenvalue weighted by atomic mass is 10.0. The zero-order chi connectivity index (χ0) is 21.5. The van der Waals surface area contributed by atoms with Gasteiger partial charge in [0.2, 0.25) is 0 Å². The van der Waals surface area contributed by atoms with Gasteiger partial charge in [-0.05, 0) is 29.7 Å². The fourth-order valence-corrected chi connectivity index (χ4v) is 3.74. The second-order valence-electron chi connectivity index (χ2n) is 7.12. The van der Waals surface area contributed by atoms with Crippen molar-refractivity contribution in [3.05, 3.63) is 93.0 Å². The monoisotopic (exact) mass is 442 g/mol. The first kappa shape index (κ1) is 22.1. The largest absolute Gasteiger partial charge is 0.478 e. The summed E-state index contributed by atoms with van der Waals surface area (Å²) >= 11 is 12.9. The molecule has 4 nitrogen and oxygen atoms in total. The number of carboxylic acid groups (broad SMARTS) is 1. The van der Waals surface area contributed by atoms with E-state index in [0.717, 1.165) is 36.2 Å². The molecule has 0 amide bonds. The smallest absolute Gasteiger partial charge is 0.331 e. The molecule has 3 aromatic rings. The van der Waals surface area contributed by atoms with Crippen molar-refractivity contribution in [1.29, 1.82) is 0 Å². The van der Waals surface area contributed by atoms with Crippen molar-refractivity contribution in [2.75, 3.05) is 0 Å². The number of unbranched alkanes of at least 4 members (excludes halogenated alkanes) is 1. The van der Waals surface area contributed by atoms with E-state index in [9.17, 15) is 9.90 Å². The van der Waals surface area contributed by atoms with E-state index < -0.39 is 5.97 Å². The molecule has 0 fully saturated rings. The third kappa shape index (κ3) is 5.53. The lowest BCUT2D eigenvalue weighted by Crippen LogP contribution is -2.10. The number of carboxylic acids is 1. The van der Waals surface area contributed by atoms with E-state index in [-0.39, 0.29) is 5.57 Å². The Hall–Kier alpha value is -2.56. The van der Waals surface area contributed by atoms with Gasteiger partial charge in [-0.25, -0.2) is 9.78 Å². The number of halogens is 2. The van der Waals surface area contributed by atoms with Gasteiger partial charge in [0.15, 0.2) is 5.15 Å². The summed E-state index contributed by atoms with van der Waals surface area (Å²) in [6, 6.07) is 17.1. The number of hydrogen-bond acceptors (Lipinski definition) is 2. The minimum absolute atomic E-state index is 0.255. The molecular weight excluding hydrogens is 419 g/mol. The van der Waals surface area contributed by atoms with E-state index in [2.05, 4.69) is 11.9 Å². The molecular formula is C24H24Cl2N2O2. The van der Waals surface area contributed by atoms with Crippen LogP contribution in [-0.4, -0.2) is 20.6 Å². The molecule has 0 bridgehead atoms. The van der Waals surface area contributed by atoms with Crippen molar-refractivity contribution in [3.8, 4) is 0 Å². The summed E-state index contributed by atoms with van der Waals surface area (Å²) in [4.78, 5) is 16.5. The first-order valence-corrected chi connectivity index (χ1v) is 10.7. The van der Waals surface area contributed by atoms with Gasteiger partial charge in [0, 0.05) is 23.4 Å². The molecule has 30 heavy (non-hydrogen) atoms. The lowest BCUT2D eigenvalue weighted by Gasteiger charge is -2.12. The molecule has 1 aromatic heterocycles. The van der Waals surface area contributed by atoms with Gasteiger partial charge < -0.3 is 9.67 Å². The molecule has 6 heteroatoms. The van der Waals surface area contributed by atoms with E-state index in [0.29, 0.717) is 28.8 Å². The third-order valence-corrected chi connectivity index (χ3v) is 5.55. The molecule has 2 aromatic carbocycles. The minimum Gasteiger partial charge on any atom is -0.478 e. The highest BCUT2D eigenvalue weighted by molar-refractivity contribution is 6.31. The number of rotatable bonds is 9. The first-order chi connectivity index (χ1) is 14.5. The van der Waals surface area contributed by atoms with Crippen molar-refractivity contribution in [2.45, 2.75) is 39.2 Å². The Morgan fingerprint density at radius 3 is 2.47 bits per heavy atom. The average Bonchev–Trinajstić information content (AvgIpc) is 3.02. The summed E-state index contributed by atoms with van der Waals surface area (Å²) in [5, 5.41) is 10.8. The fourth-order valence-electron chi connectivity index (χ4n) is 3.29. The van der Waals surface area contributed by atoms with Gasteiger partial charge >= 0.3 is 5.97 Å². The molecule has 0 atom stereocenters. The van der Waals surface area contributed by atoms with Crippen LogP contribution in [0.5, 0.6) is 0 Å². The normalized spacial score (nSPS) is 11.6. The van der Waals surface area contributed by atoms with Crippen LogP contribution in [0.3, 0.4) is 0 Å². The second kappa shape index (κ2) is 10.5. The molecule has 1 heterocycles. The Bertz CT molecular complexity index is 1040. The number of nitrogens with zero attached hydrogens (tertiary/aromatic N) is 2. The van der Waals surface area contributed by atoms with Crippen molar-refractivity contribution >= 4 is 35.2 Å². The summed E-state index contributed by atoms with van der Waals surface area (Å²) < 4.78 is 1.98. The number of aliphatic carboxylic acids is 1. The van der Waals surface area contributed by atoms with Gasteiger partial charge in [0.05, 0.1) is 12.2 Å². The number of aromatic nitrogens is 2. The zero-order valence-corrected chi connectivity index (χ0v) is 18.3. The maximum absolute atomic E-state index is 12.0. The van der Waals surface area contributed by atoms with Crippen molar-refractivity contribution in [1.82, 2.24) is 9.55 Å². The molecule has 0 spiro atoms. The highest BCUT2D eigenvalue weighted by atomic mass is 35.5. The summed E-state index contributed by atoms with van der Waals surface area (Å²) in [7, 11) is 0. The van der Waals surface area contributed by atoms with Gasteiger partial charge in [-0.2, -0.15) is 0 Å². The Balaban J connectivity index is 2.05. The number of imidazole rings is 1. The second-order valence-corrected chi connectivity index (χ2v) is 7.89. The molecule has 0 unspecified atom stereocenters. The van der Waals surface area contributed by atoms with Crippen LogP contribution in [0.4, 0.5) is 0 Å². The van der Waals surface area contributed by atoms with Gasteiger partial charge in [0.1, 0.15) is 5.82 Å². The van der Waals surface area contributed by atoms with Crippen LogP contribution < -0.4 is 0 Å². The molecule has 0 aliphatic carbocycles. The molecule has 1 N–H and O–H groups in total. The van der Waals surface area contributed by atoms with E-state index in [1.807, 2.05) is 59.2 Å². The van der Waals surface area contributed by atoms with Gasteiger partial charge in [-0.1, -0.05) is 85.1 Å². The van der Waals surface area contributed by atoms with Crippen LogP contribution in [0.1, 0.15) is 42.4 Å². The molecule has 3 rings (SSSR count). The summed E-state index contributed by atoms with van der Waals surface area (Å²) in [6.45, 7) is 2.59. The van der Waals surface area contributed by atoms with Crippen LogP contribution in [0, 0.1) is 0 Å². The zero-order valence-electron chi connectivity index (χ0n) is 16.8. The maximum atomic E-state index is 12.0. The molecule has 0 saturated heterocycles. The van der Waals surface area contributed by atoms with Crippen LogP contribution in [0.15, 0.2) is 60.2 Å². The maximum Gasteiger partial charge on any atom is 0.331 e. The number of hydrogen-bond donors (Lipinski definition) is 1. The summed E-state index contributed by atoms with van der Waals surface area (Å²) in [5.74, 6) is -0.145. The van der Waals surface area contributed by atoms with Gasteiger partial charge in [-0.15, -0.1) is 0 Å². The molecule has 0 saturated carbocycles. The number of carbonyl (C=O) groups is 1. The molecule has 0 aliphatic heterocycles.